The molecular weight excluding hydrogens is 389 g/mol. The highest BCUT2D eigenvalue weighted by Crippen LogP contribution is 2.26. The van der Waals surface area contributed by atoms with Crippen LogP contribution in [0.4, 0.5) is 5.69 Å². The average molecular weight is 404 g/mol. The van der Waals surface area contributed by atoms with E-state index in [2.05, 4.69) is 5.32 Å². The van der Waals surface area contributed by atoms with Gasteiger partial charge in [-0.2, -0.15) is 0 Å². The summed E-state index contributed by atoms with van der Waals surface area (Å²) in [6.45, 7) is 1.64. The van der Waals surface area contributed by atoms with Gasteiger partial charge >= 0.3 is 5.97 Å². The zero-order valence-corrected chi connectivity index (χ0v) is 15.8. The zero-order valence-electron chi connectivity index (χ0n) is 14.2. The van der Waals surface area contributed by atoms with Gasteiger partial charge in [0.05, 0.1) is 6.26 Å². The van der Waals surface area contributed by atoms with E-state index < -0.39 is 18.0 Å². The van der Waals surface area contributed by atoms with Crippen LogP contribution in [0, 0.1) is 6.92 Å². The Morgan fingerprint density at radius 3 is 2.30 bits per heavy atom. The van der Waals surface area contributed by atoms with Crippen molar-refractivity contribution >= 4 is 40.8 Å². The van der Waals surface area contributed by atoms with Crippen LogP contribution in [0.15, 0.2) is 65.3 Å². The molecule has 1 N–H and O–H groups in total. The predicted molar refractivity (Wildman–Crippen MR) is 103 cm³/mol. The van der Waals surface area contributed by atoms with Gasteiger partial charge in [-0.05, 0) is 31.2 Å². The van der Waals surface area contributed by atoms with E-state index in [1.165, 1.54) is 12.3 Å². The number of furan rings is 1. The second-order valence-corrected chi connectivity index (χ2v) is 6.61. The molecule has 0 radical (unpaired) electrons. The molecule has 3 aromatic rings. The molecular formula is C20H15Cl2NO4. The maximum Gasteiger partial charge on any atom is 0.342 e. The smallest absolute Gasteiger partial charge is 0.342 e. The minimum atomic E-state index is -1.16. The highest BCUT2D eigenvalue weighted by molar-refractivity contribution is 6.35. The van der Waals surface area contributed by atoms with Crippen molar-refractivity contribution in [1.29, 1.82) is 0 Å². The summed E-state index contributed by atoms with van der Waals surface area (Å²) >= 11 is 11.9. The number of benzene rings is 2. The lowest BCUT2D eigenvalue weighted by atomic mass is 10.1. The lowest BCUT2D eigenvalue weighted by molar-refractivity contribution is -0.125. The molecule has 0 saturated heterocycles. The molecule has 27 heavy (non-hydrogen) atoms. The van der Waals surface area contributed by atoms with Crippen LogP contribution in [0.25, 0.3) is 0 Å². The van der Waals surface area contributed by atoms with Crippen LogP contribution in [0.3, 0.4) is 0 Å². The Kier molecular flexibility index (Phi) is 5.84. The molecule has 0 saturated carbocycles. The number of anilines is 1. The number of halogens is 2. The minimum Gasteiger partial charge on any atom is -0.469 e. The molecule has 0 fully saturated rings. The summed E-state index contributed by atoms with van der Waals surface area (Å²) in [6.07, 6.45) is 0.225. The number of amides is 1. The Bertz CT molecular complexity index is 949. The number of carbonyl (C=O) groups excluding carboxylic acids is 2. The van der Waals surface area contributed by atoms with Gasteiger partial charge in [0, 0.05) is 21.3 Å². The average Bonchev–Trinajstić information content (AvgIpc) is 3.05. The van der Waals surface area contributed by atoms with Crippen molar-refractivity contribution < 1.29 is 18.7 Å². The SMILES string of the molecule is Cc1occc1C(=O)O[C@@H](C(=O)Nc1cc(Cl)cc(Cl)c1)c1ccccc1. The monoisotopic (exact) mass is 403 g/mol. The van der Waals surface area contributed by atoms with Crippen LogP contribution < -0.4 is 5.32 Å². The van der Waals surface area contributed by atoms with Gasteiger partial charge in [0.1, 0.15) is 11.3 Å². The summed E-state index contributed by atoms with van der Waals surface area (Å²) in [7, 11) is 0. The van der Waals surface area contributed by atoms with Gasteiger partial charge in [-0.25, -0.2) is 4.79 Å². The first-order valence-corrected chi connectivity index (χ1v) is 8.76. The quantitative estimate of drug-likeness (QED) is 0.576. The van der Waals surface area contributed by atoms with Crippen molar-refractivity contribution in [2.24, 2.45) is 0 Å². The standard InChI is InChI=1S/C20H15Cl2NO4/c1-12-17(7-8-26-12)20(25)27-18(13-5-3-2-4-6-13)19(24)23-16-10-14(21)9-15(22)11-16/h2-11,18H,1H3,(H,23,24)/t18-/m1/s1. The number of nitrogens with one attached hydrogen (secondary N) is 1. The fourth-order valence-electron chi connectivity index (χ4n) is 2.50. The first-order valence-electron chi connectivity index (χ1n) is 8.01. The summed E-state index contributed by atoms with van der Waals surface area (Å²) in [5.74, 6) is -0.780. The molecule has 1 amide bonds. The third kappa shape index (κ3) is 4.70. The van der Waals surface area contributed by atoms with Crippen LogP contribution in [0.1, 0.15) is 27.8 Å². The van der Waals surface area contributed by atoms with E-state index in [9.17, 15) is 9.59 Å². The predicted octanol–water partition coefficient (Wildman–Crippen LogP) is 5.43. The van der Waals surface area contributed by atoms with Crippen LogP contribution in [-0.4, -0.2) is 11.9 Å². The number of hydrogen-bond donors (Lipinski definition) is 1. The molecule has 2 aromatic carbocycles. The second-order valence-electron chi connectivity index (χ2n) is 5.73. The van der Waals surface area contributed by atoms with Gasteiger partial charge in [-0.1, -0.05) is 53.5 Å². The zero-order chi connectivity index (χ0) is 19.4. The van der Waals surface area contributed by atoms with E-state index in [-0.39, 0.29) is 5.56 Å². The van der Waals surface area contributed by atoms with E-state index in [0.717, 1.165) is 0 Å². The van der Waals surface area contributed by atoms with Crippen LogP contribution in [0.2, 0.25) is 10.0 Å². The fourth-order valence-corrected chi connectivity index (χ4v) is 3.03. The second kappa shape index (κ2) is 8.29. The van der Waals surface area contributed by atoms with Gasteiger partial charge in [-0.3, -0.25) is 4.79 Å². The lowest BCUT2D eigenvalue weighted by Crippen LogP contribution is -2.26. The molecule has 5 nitrogen and oxygen atoms in total. The number of aryl methyl sites for hydroxylation is 1. The number of hydrogen-bond acceptors (Lipinski definition) is 4. The summed E-state index contributed by atoms with van der Waals surface area (Å²) in [5, 5.41) is 3.43. The van der Waals surface area contributed by atoms with E-state index >= 15 is 0 Å². The van der Waals surface area contributed by atoms with Crippen LogP contribution in [0.5, 0.6) is 0 Å². The molecule has 1 heterocycles. The third-order valence-corrected chi connectivity index (χ3v) is 4.21. The number of rotatable bonds is 5. The number of ether oxygens (including phenoxy) is 1. The van der Waals surface area contributed by atoms with E-state index in [1.54, 1.807) is 55.5 Å². The third-order valence-electron chi connectivity index (χ3n) is 3.77. The lowest BCUT2D eigenvalue weighted by Gasteiger charge is -2.18. The van der Waals surface area contributed by atoms with Crippen molar-refractivity contribution in [2.45, 2.75) is 13.0 Å². The highest BCUT2D eigenvalue weighted by atomic mass is 35.5. The first kappa shape index (κ1) is 19.0. The van der Waals surface area contributed by atoms with Gasteiger partial charge in [-0.15, -0.1) is 0 Å². The molecule has 0 aliphatic rings. The highest BCUT2D eigenvalue weighted by Gasteiger charge is 2.27. The van der Waals surface area contributed by atoms with Crippen molar-refractivity contribution in [2.75, 3.05) is 5.32 Å². The molecule has 138 valence electrons. The molecule has 1 aromatic heterocycles. The Balaban J connectivity index is 1.86. The molecule has 0 aliphatic carbocycles. The molecule has 0 bridgehead atoms. The Hall–Kier alpha value is -2.76. The van der Waals surface area contributed by atoms with Gasteiger partial charge in [0.15, 0.2) is 0 Å². The summed E-state index contributed by atoms with van der Waals surface area (Å²) in [6, 6.07) is 14.9. The van der Waals surface area contributed by atoms with Gasteiger partial charge in [0.2, 0.25) is 6.10 Å². The van der Waals surface area contributed by atoms with Crippen LogP contribution >= 0.6 is 23.2 Å². The van der Waals surface area contributed by atoms with Crippen molar-refractivity contribution in [3.63, 3.8) is 0 Å². The normalized spacial score (nSPS) is 11.7. The number of esters is 1. The largest absolute Gasteiger partial charge is 0.469 e. The van der Waals surface area contributed by atoms with Gasteiger partial charge in [0.25, 0.3) is 5.91 Å². The number of carbonyl (C=O) groups is 2. The fraction of sp³-hybridized carbons (Fsp3) is 0.100. The van der Waals surface area contributed by atoms with Gasteiger partial charge < -0.3 is 14.5 Å². The maximum absolute atomic E-state index is 12.8. The molecule has 3 rings (SSSR count). The first-order chi connectivity index (χ1) is 12.9. The molecule has 0 spiro atoms. The molecule has 1 atom stereocenters. The van der Waals surface area contributed by atoms with E-state index in [4.69, 9.17) is 32.4 Å². The molecule has 7 heteroatoms. The Labute approximate surface area is 165 Å². The van der Waals surface area contributed by atoms with E-state index in [1.807, 2.05) is 0 Å². The Morgan fingerprint density at radius 2 is 1.70 bits per heavy atom. The van der Waals surface area contributed by atoms with Crippen molar-refractivity contribution in [1.82, 2.24) is 0 Å². The maximum atomic E-state index is 12.8. The van der Waals surface area contributed by atoms with E-state index in [0.29, 0.717) is 27.1 Å². The molecule has 0 unspecified atom stereocenters. The summed E-state index contributed by atoms with van der Waals surface area (Å²) < 4.78 is 10.6. The Morgan fingerprint density at radius 1 is 1.04 bits per heavy atom. The topological polar surface area (TPSA) is 68.5 Å². The van der Waals surface area contributed by atoms with Crippen LogP contribution in [-0.2, 0) is 9.53 Å². The molecule has 0 aliphatic heterocycles. The van der Waals surface area contributed by atoms with Crippen molar-refractivity contribution in [3.05, 3.63) is 87.8 Å². The summed E-state index contributed by atoms with van der Waals surface area (Å²) in [5.41, 5.74) is 1.18. The minimum absolute atomic E-state index is 0.259. The van der Waals surface area contributed by atoms with Crippen molar-refractivity contribution in [3.8, 4) is 0 Å². The summed E-state index contributed by atoms with van der Waals surface area (Å²) in [4.78, 5) is 25.3.